The van der Waals surface area contributed by atoms with Crippen molar-refractivity contribution < 1.29 is 4.79 Å². The van der Waals surface area contributed by atoms with Gasteiger partial charge in [0.15, 0.2) is 0 Å². The van der Waals surface area contributed by atoms with E-state index in [1.54, 1.807) is 18.2 Å². The van der Waals surface area contributed by atoms with Gasteiger partial charge in [-0.25, -0.2) is 0 Å². The van der Waals surface area contributed by atoms with E-state index in [1.165, 1.54) is 0 Å². The van der Waals surface area contributed by atoms with Crippen molar-refractivity contribution in [2.45, 2.75) is 39.2 Å². The average Bonchev–Trinajstić information content (AvgIpc) is 2.48. The number of rotatable bonds is 6. The van der Waals surface area contributed by atoms with Gasteiger partial charge < -0.3 is 5.32 Å². The molecule has 1 N–H and O–H groups in total. The third-order valence-corrected chi connectivity index (χ3v) is 3.60. The van der Waals surface area contributed by atoms with Crippen molar-refractivity contribution >= 4 is 17.5 Å². The second-order valence-corrected chi connectivity index (χ2v) is 5.41. The highest BCUT2D eigenvalue weighted by molar-refractivity contribution is 6.31. The number of carbonyl (C=O) groups excluding carboxylic acids is 1. The second kappa shape index (κ2) is 8.29. The zero-order chi connectivity index (χ0) is 15.8. The lowest BCUT2D eigenvalue weighted by atomic mass is 10.0. The van der Waals surface area contributed by atoms with Gasteiger partial charge >= 0.3 is 0 Å². The molecule has 2 unspecified atom stereocenters. The highest BCUT2D eigenvalue weighted by Gasteiger charge is 2.18. The number of nitrogens with one attached hydrogen (secondary N) is 1. The van der Waals surface area contributed by atoms with Crippen LogP contribution in [0.2, 0.25) is 5.02 Å². The second-order valence-electron chi connectivity index (χ2n) is 5.00. The Labute approximate surface area is 130 Å². The topological polar surface area (TPSA) is 76.7 Å². The van der Waals surface area contributed by atoms with Crippen LogP contribution in [0.4, 0.5) is 0 Å². The summed E-state index contributed by atoms with van der Waals surface area (Å²) in [6, 6.07) is 8.39. The van der Waals surface area contributed by atoms with Crippen molar-refractivity contribution in [3.8, 4) is 12.1 Å². The summed E-state index contributed by atoms with van der Waals surface area (Å²) in [4.78, 5) is 11.9. The maximum Gasteiger partial charge on any atom is 0.223 e. The normalized spacial score (nSPS) is 12.8. The summed E-state index contributed by atoms with van der Waals surface area (Å²) in [5.41, 5.74) is 1.21. The summed E-state index contributed by atoms with van der Waals surface area (Å²) < 4.78 is 0. The van der Waals surface area contributed by atoms with Gasteiger partial charge in [0, 0.05) is 17.4 Å². The standard InChI is InChI=1S/C16H18ClN3O/c1-3-4-11(2)16(21)20-14(10-19)8-13-6-5-12(9-18)7-15(13)17/h5-7,11,14H,3-4,8H2,1-2H3,(H,20,21). The molecule has 1 aromatic rings. The summed E-state index contributed by atoms with van der Waals surface area (Å²) in [6.45, 7) is 3.87. The zero-order valence-corrected chi connectivity index (χ0v) is 12.9. The van der Waals surface area contributed by atoms with Crippen molar-refractivity contribution in [2.75, 3.05) is 0 Å². The molecule has 21 heavy (non-hydrogen) atoms. The Kier molecular flexibility index (Phi) is 6.72. The predicted molar refractivity (Wildman–Crippen MR) is 81.5 cm³/mol. The van der Waals surface area contributed by atoms with Crippen LogP contribution in [0, 0.1) is 28.6 Å². The van der Waals surface area contributed by atoms with Crippen LogP contribution in [0.5, 0.6) is 0 Å². The molecular weight excluding hydrogens is 286 g/mol. The first kappa shape index (κ1) is 17.0. The van der Waals surface area contributed by atoms with Gasteiger partial charge in [0.1, 0.15) is 6.04 Å². The largest absolute Gasteiger partial charge is 0.340 e. The number of hydrogen-bond acceptors (Lipinski definition) is 3. The molecule has 1 aromatic carbocycles. The van der Waals surface area contributed by atoms with Crippen LogP contribution >= 0.6 is 11.6 Å². The summed E-state index contributed by atoms with van der Waals surface area (Å²) in [7, 11) is 0. The Balaban J connectivity index is 2.73. The van der Waals surface area contributed by atoms with Crippen molar-refractivity contribution in [3.63, 3.8) is 0 Å². The molecule has 1 amide bonds. The molecule has 0 aromatic heterocycles. The van der Waals surface area contributed by atoms with E-state index in [2.05, 4.69) is 11.4 Å². The predicted octanol–water partition coefficient (Wildman–Crippen LogP) is 3.20. The van der Waals surface area contributed by atoms with Crippen LogP contribution in [0.25, 0.3) is 0 Å². The number of benzene rings is 1. The van der Waals surface area contributed by atoms with Crippen molar-refractivity contribution in [1.82, 2.24) is 5.32 Å². The zero-order valence-electron chi connectivity index (χ0n) is 12.2. The third-order valence-electron chi connectivity index (χ3n) is 3.25. The number of carbonyl (C=O) groups is 1. The quantitative estimate of drug-likeness (QED) is 0.876. The lowest BCUT2D eigenvalue weighted by molar-refractivity contribution is -0.125. The first-order chi connectivity index (χ1) is 10.0. The molecule has 0 heterocycles. The average molecular weight is 304 g/mol. The molecule has 0 aliphatic rings. The molecule has 4 nitrogen and oxygen atoms in total. The molecule has 110 valence electrons. The van der Waals surface area contributed by atoms with Gasteiger partial charge in [-0.2, -0.15) is 10.5 Å². The smallest absolute Gasteiger partial charge is 0.223 e. The Hall–Kier alpha value is -2.04. The number of nitriles is 2. The molecule has 0 spiro atoms. The van der Waals surface area contributed by atoms with E-state index in [9.17, 15) is 10.1 Å². The van der Waals surface area contributed by atoms with Crippen LogP contribution < -0.4 is 5.32 Å². The van der Waals surface area contributed by atoms with Crippen LogP contribution in [0.15, 0.2) is 18.2 Å². The Morgan fingerprint density at radius 1 is 1.43 bits per heavy atom. The van der Waals surface area contributed by atoms with Crippen molar-refractivity contribution in [2.24, 2.45) is 5.92 Å². The summed E-state index contributed by atoms with van der Waals surface area (Å²) >= 11 is 6.08. The fraction of sp³-hybridized carbons (Fsp3) is 0.438. The van der Waals surface area contributed by atoms with E-state index in [4.69, 9.17) is 16.9 Å². The Morgan fingerprint density at radius 3 is 2.67 bits per heavy atom. The molecule has 0 fully saturated rings. The van der Waals surface area contributed by atoms with E-state index in [0.29, 0.717) is 17.0 Å². The van der Waals surface area contributed by atoms with Gasteiger partial charge in [0.05, 0.1) is 17.7 Å². The van der Waals surface area contributed by atoms with Gasteiger partial charge in [0.25, 0.3) is 0 Å². The third kappa shape index (κ3) is 5.10. The molecule has 0 bridgehead atoms. The highest BCUT2D eigenvalue weighted by Crippen LogP contribution is 2.19. The lowest BCUT2D eigenvalue weighted by Gasteiger charge is -2.16. The molecule has 0 saturated carbocycles. The first-order valence-corrected chi connectivity index (χ1v) is 7.28. The van der Waals surface area contributed by atoms with Gasteiger partial charge in [-0.1, -0.05) is 37.9 Å². The lowest BCUT2D eigenvalue weighted by Crippen LogP contribution is -2.38. The van der Waals surface area contributed by atoms with Crippen LogP contribution in [-0.4, -0.2) is 11.9 Å². The number of halogens is 1. The van der Waals surface area contributed by atoms with Gasteiger partial charge in [-0.15, -0.1) is 0 Å². The molecule has 0 aliphatic carbocycles. The number of amides is 1. The summed E-state index contributed by atoms with van der Waals surface area (Å²) in [5.74, 6) is -0.226. The Morgan fingerprint density at radius 2 is 2.14 bits per heavy atom. The molecule has 0 radical (unpaired) electrons. The molecule has 5 heteroatoms. The maximum atomic E-state index is 11.9. The SMILES string of the molecule is CCCC(C)C(=O)NC(C#N)Cc1ccc(C#N)cc1Cl. The Bertz CT molecular complexity index is 586. The van der Waals surface area contributed by atoms with Gasteiger partial charge in [-0.3, -0.25) is 4.79 Å². The van der Waals surface area contributed by atoms with Gasteiger partial charge in [0.2, 0.25) is 5.91 Å². The fourth-order valence-corrected chi connectivity index (χ4v) is 2.27. The monoisotopic (exact) mass is 303 g/mol. The highest BCUT2D eigenvalue weighted by atomic mass is 35.5. The van der Waals surface area contributed by atoms with Crippen LogP contribution in [0.3, 0.4) is 0 Å². The van der Waals surface area contributed by atoms with Crippen molar-refractivity contribution in [3.05, 3.63) is 34.3 Å². The molecular formula is C16H18ClN3O. The minimum absolute atomic E-state index is 0.109. The van der Waals surface area contributed by atoms with E-state index in [-0.39, 0.29) is 11.8 Å². The molecule has 2 atom stereocenters. The van der Waals surface area contributed by atoms with Crippen LogP contribution in [0.1, 0.15) is 37.8 Å². The van der Waals surface area contributed by atoms with Crippen LogP contribution in [-0.2, 0) is 11.2 Å². The molecule has 1 rings (SSSR count). The minimum Gasteiger partial charge on any atom is -0.340 e. The number of nitrogens with zero attached hydrogens (tertiary/aromatic N) is 2. The van der Waals surface area contributed by atoms with E-state index >= 15 is 0 Å². The van der Waals surface area contributed by atoms with E-state index in [1.807, 2.05) is 19.9 Å². The van der Waals surface area contributed by atoms with E-state index < -0.39 is 6.04 Å². The van der Waals surface area contributed by atoms with Gasteiger partial charge in [-0.05, 0) is 24.1 Å². The van der Waals surface area contributed by atoms with E-state index in [0.717, 1.165) is 18.4 Å². The summed E-state index contributed by atoms with van der Waals surface area (Å²) in [6.07, 6.45) is 2.04. The maximum absolute atomic E-state index is 11.9. The van der Waals surface area contributed by atoms with Crippen molar-refractivity contribution in [1.29, 1.82) is 10.5 Å². The fourth-order valence-electron chi connectivity index (χ4n) is 2.01. The minimum atomic E-state index is -0.623. The number of hydrogen-bond donors (Lipinski definition) is 1. The summed E-state index contributed by atoms with van der Waals surface area (Å²) in [5, 5.41) is 21.1. The molecule has 0 saturated heterocycles. The first-order valence-electron chi connectivity index (χ1n) is 6.90. The molecule has 0 aliphatic heterocycles.